The third-order valence-electron chi connectivity index (χ3n) is 3.42. The monoisotopic (exact) mass is 330 g/mol. The normalized spacial score (nSPS) is 24.4. The highest BCUT2D eigenvalue weighted by Gasteiger charge is 2.38. The zero-order valence-electron chi connectivity index (χ0n) is 10.4. The number of nitrogens with two attached hydrogens (primary N) is 1. The maximum Gasteiger partial charge on any atom is 0.250 e. The van der Waals surface area contributed by atoms with Crippen molar-refractivity contribution < 1.29 is 14.3 Å². The molecule has 1 atom stereocenters. The van der Waals surface area contributed by atoms with Gasteiger partial charge in [0, 0.05) is 23.1 Å². The number of piperidine rings is 1. The van der Waals surface area contributed by atoms with Crippen LogP contribution in [0.4, 0.5) is 4.39 Å². The Labute approximate surface area is 119 Å². The van der Waals surface area contributed by atoms with Crippen LogP contribution in [0, 0.1) is 5.82 Å². The highest BCUT2D eigenvalue weighted by Crippen LogP contribution is 2.23. The first kappa shape index (κ1) is 14.4. The molecule has 1 amide bonds. The van der Waals surface area contributed by atoms with E-state index >= 15 is 0 Å². The second-order valence-electron chi connectivity index (χ2n) is 4.95. The third-order valence-corrected chi connectivity index (χ3v) is 3.91. The van der Waals surface area contributed by atoms with Crippen molar-refractivity contribution in [2.24, 2.45) is 5.73 Å². The number of likely N-dealkylation sites (tertiary alicyclic amines) is 1. The lowest BCUT2D eigenvalue weighted by Crippen LogP contribution is -2.55. The molecule has 0 aliphatic carbocycles. The van der Waals surface area contributed by atoms with Gasteiger partial charge >= 0.3 is 0 Å². The summed E-state index contributed by atoms with van der Waals surface area (Å²) in [5.41, 5.74) is 4.25. The molecule has 1 aliphatic rings. The van der Waals surface area contributed by atoms with Crippen molar-refractivity contribution in [1.29, 1.82) is 0 Å². The number of primary amides is 1. The number of amides is 1. The molecule has 0 radical (unpaired) electrons. The molecule has 0 unspecified atom stereocenters. The maximum absolute atomic E-state index is 13.7. The van der Waals surface area contributed by atoms with Crippen LogP contribution < -0.4 is 5.73 Å². The predicted molar refractivity (Wildman–Crippen MR) is 72.8 cm³/mol. The molecular weight excluding hydrogens is 315 g/mol. The van der Waals surface area contributed by atoms with Crippen molar-refractivity contribution in [3.63, 3.8) is 0 Å². The molecule has 1 aromatic carbocycles. The molecule has 6 heteroatoms. The van der Waals surface area contributed by atoms with E-state index in [9.17, 15) is 14.3 Å². The average Bonchev–Trinajstić information content (AvgIpc) is 2.33. The van der Waals surface area contributed by atoms with Crippen LogP contribution in [0.3, 0.4) is 0 Å². The van der Waals surface area contributed by atoms with Crippen LogP contribution in [-0.2, 0) is 11.3 Å². The predicted octanol–water partition coefficient (Wildman–Crippen LogP) is 1.40. The van der Waals surface area contributed by atoms with Crippen molar-refractivity contribution in [3.8, 4) is 0 Å². The third kappa shape index (κ3) is 3.32. The highest BCUT2D eigenvalue weighted by molar-refractivity contribution is 9.10. The minimum atomic E-state index is -1.50. The van der Waals surface area contributed by atoms with Crippen molar-refractivity contribution in [2.45, 2.75) is 25.0 Å². The smallest absolute Gasteiger partial charge is 0.250 e. The first-order chi connectivity index (χ1) is 8.90. The van der Waals surface area contributed by atoms with Gasteiger partial charge < -0.3 is 10.8 Å². The van der Waals surface area contributed by atoms with Gasteiger partial charge in [-0.3, -0.25) is 9.69 Å². The molecule has 4 nitrogen and oxygen atoms in total. The van der Waals surface area contributed by atoms with Crippen LogP contribution in [0.15, 0.2) is 22.7 Å². The first-order valence-electron chi connectivity index (χ1n) is 6.09. The van der Waals surface area contributed by atoms with Gasteiger partial charge in [-0.1, -0.05) is 22.0 Å². The number of β-amino-alcohol motifs (C(OH)–C–C–N with tert-alkyl or cyclic N) is 1. The lowest BCUT2D eigenvalue weighted by atomic mass is 9.92. The number of carbonyl (C=O) groups is 1. The maximum atomic E-state index is 13.7. The van der Waals surface area contributed by atoms with Gasteiger partial charge in [0.25, 0.3) is 5.91 Å². The molecule has 3 N–H and O–H groups in total. The Morgan fingerprint density at radius 2 is 2.32 bits per heavy atom. The number of hydrogen-bond acceptors (Lipinski definition) is 3. The fourth-order valence-electron chi connectivity index (χ4n) is 2.35. The first-order valence-corrected chi connectivity index (χ1v) is 6.88. The Morgan fingerprint density at radius 3 is 2.95 bits per heavy atom. The minimum Gasteiger partial charge on any atom is -0.379 e. The highest BCUT2D eigenvalue weighted by atomic mass is 79.9. The van der Waals surface area contributed by atoms with Crippen LogP contribution >= 0.6 is 15.9 Å². The molecule has 0 saturated carbocycles. The van der Waals surface area contributed by atoms with Gasteiger partial charge in [-0.05, 0) is 31.5 Å². The summed E-state index contributed by atoms with van der Waals surface area (Å²) in [4.78, 5) is 13.1. The van der Waals surface area contributed by atoms with Crippen LogP contribution in [0.1, 0.15) is 18.4 Å². The van der Waals surface area contributed by atoms with E-state index in [0.29, 0.717) is 36.0 Å². The van der Waals surface area contributed by atoms with E-state index < -0.39 is 11.5 Å². The zero-order valence-corrected chi connectivity index (χ0v) is 12.0. The molecule has 2 rings (SSSR count). The fraction of sp³-hybridized carbons (Fsp3) is 0.462. The summed E-state index contributed by atoms with van der Waals surface area (Å²) in [6.07, 6.45) is 1.03. The number of rotatable bonds is 3. The molecule has 19 heavy (non-hydrogen) atoms. The summed E-state index contributed by atoms with van der Waals surface area (Å²) in [6.45, 7) is 1.22. The van der Waals surface area contributed by atoms with Crippen molar-refractivity contribution in [1.82, 2.24) is 4.90 Å². The van der Waals surface area contributed by atoms with Gasteiger partial charge in [-0.25, -0.2) is 4.39 Å². The number of carbonyl (C=O) groups excluding carboxylic acids is 1. The quantitative estimate of drug-likeness (QED) is 0.880. The minimum absolute atomic E-state index is 0.151. The molecule has 0 spiro atoms. The molecule has 1 heterocycles. The summed E-state index contributed by atoms with van der Waals surface area (Å²) in [6, 6.07) is 4.86. The van der Waals surface area contributed by atoms with Gasteiger partial charge in [-0.15, -0.1) is 0 Å². The van der Waals surface area contributed by atoms with Crippen LogP contribution in [-0.4, -0.2) is 34.6 Å². The number of aliphatic hydroxyl groups is 1. The Morgan fingerprint density at radius 1 is 1.58 bits per heavy atom. The summed E-state index contributed by atoms with van der Waals surface area (Å²) in [5, 5.41) is 10.1. The van der Waals surface area contributed by atoms with Gasteiger partial charge in [0.15, 0.2) is 5.60 Å². The summed E-state index contributed by atoms with van der Waals surface area (Å²) in [5.74, 6) is -1.02. The van der Waals surface area contributed by atoms with Crippen molar-refractivity contribution in [2.75, 3.05) is 13.1 Å². The summed E-state index contributed by atoms with van der Waals surface area (Å²) in [7, 11) is 0. The second-order valence-corrected chi connectivity index (χ2v) is 5.86. The van der Waals surface area contributed by atoms with Gasteiger partial charge in [0.2, 0.25) is 0 Å². The summed E-state index contributed by atoms with van der Waals surface area (Å²) >= 11 is 3.20. The second kappa shape index (κ2) is 5.56. The van der Waals surface area contributed by atoms with E-state index in [-0.39, 0.29) is 12.4 Å². The van der Waals surface area contributed by atoms with E-state index in [0.717, 1.165) is 0 Å². The Kier molecular flexibility index (Phi) is 4.23. The Balaban J connectivity index is 2.09. The number of nitrogens with zero attached hydrogens (tertiary/aromatic N) is 1. The van der Waals surface area contributed by atoms with Crippen molar-refractivity contribution in [3.05, 3.63) is 34.1 Å². The lowest BCUT2D eigenvalue weighted by Gasteiger charge is -2.37. The van der Waals surface area contributed by atoms with E-state index in [1.54, 1.807) is 12.1 Å². The molecule has 1 aliphatic heterocycles. The Hall–Kier alpha value is -0.980. The van der Waals surface area contributed by atoms with Gasteiger partial charge in [0.05, 0.1) is 0 Å². The molecule has 1 saturated heterocycles. The van der Waals surface area contributed by atoms with E-state index in [4.69, 9.17) is 5.73 Å². The van der Waals surface area contributed by atoms with Crippen LogP contribution in [0.2, 0.25) is 0 Å². The van der Waals surface area contributed by atoms with E-state index in [1.807, 2.05) is 4.90 Å². The van der Waals surface area contributed by atoms with Crippen LogP contribution in [0.5, 0.6) is 0 Å². The number of halogens is 2. The molecular formula is C13H16BrFN2O2. The SMILES string of the molecule is NC(=O)[C@@]1(O)CCCN(Cc2ccc(Br)cc2F)C1. The van der Waals surface area contributed by atoms with Crippen LogP contribution in [0.25, 0.3) is 0 Å². The molecule has 0 bridgehead atoms. The standard InChI is InChI=1S/C13H16BrFN2O2/c14-10-3-2-9(11(15)6-10)7-17-5-1-4-13(19,8-17)12(16)18/h2-3,6,19H,1,4-5,7-8H2,(H2,16,18)/t13-/m1/s1. The molecule has 1 fully saturated rings. The topological polar surface area (TPSA) is 66.6 Å². The average molecular weight is 331 g/mol. The van der Waals surface area contributed by atoms with Gasteiger partial charge in [-0.2, -0.15) is 0 Å². The van der Waals surface area contributed by atoms with E-state index in [1.165, 1.54) is 6.07 Å². The van der Waals surface area contributed by atoms with Crippen molar-refractivity contribution >= 4 is 21.8 Å². The molecule has 1 aromatic rings. The molecule has 104 valence electrons. The fourth-order valence-corrected chi connectivity index (χ4v) is 2.68. The number of hydrogen-bond donors (Lipinski definition) is 2. The Bertz CT molecular complexity index is 498. The van der Waals surface area contributed by atoms with E-state index in [2.05, 4.69) is 15.9 Å². The number of benzene rings is 1. The van der Waals surface area contributed by atoms with Gasteiger partial charge in [0.1, 0.15) is 5.82 Å². The lowest BCUT2D eigenvalue weighted by molar-refractivity contribution is -0.142. The summed E-state index contributed by atoms with van der Waals surface area (Å²) < 4.78 is 14.4. The largest absolute Gasteiger partial charge is 0.379 e. The molecule has 0 aromatic heterocycles. The zero-order chi connectivity index (χ0) is 14.0.